The molecule has 0 spiro atoms. The molecule has 1 aliphatic rings. The maximum atomic E-state index is 14.4. The van der Waals surface area contributed by atoms with Crippen LogP contribution in [0.15, 0.2) is 47.8 Å². The van der Waals surface area contributed by atoms with E-state index in [1.54, 1.807) is 0 Å². The summed E-state index contributed by atoms with van der Waals surface area (Å²) in [5, 5.41) is 3.98. The summed E-state index contributed by atoms with van der Waals surface area (Å²) in [5.74, 6) is -0.0875. The molecule has 0 fully saturated rings. The molecular weight excluding hydrogens is 309 g/mol. The predicted molar refractivity (Wildman–Crippen MR) is 91.6 cm³/mol. The van der Waals surface area contributed by atoms with E-state index in [1.807, 2.05) is 29.3 Å². The molecule has 0 saturated carbocycles. The lowest BCUT2D eigenvalue weighted by atomic mass is 10.1. The molecule has 0 atom stereocenters. The molecule has 3 aromatic rings. The quantitative estimate of drug-likeness (QED) is 0.733. The molecule has 1 N–H and O–H groups in total. The third-order valence-electron chi connectivity index (χ3n) is 4.38. The van der Waals surface area contributed by atoms with Gasteiger partial charge in [-0.1, -0.05) is 18.2 Å². The van der Waals surface area contributed by atoms with Crippen LogP contribution in [0.4, 0.5) is 15.8 Å². The van der Waals surface area contributed by atoms with Gasteiger partial charge in [0, 0.05) is 35.8 Å². The summed E-state index contributed by atoms with van der Waals surface area (Å²) in [7, 11) is 0. The minimum Gasteiger partial charge on any atom is -0.489 e. The molecule has 0 saturated heterocycles. The number of anilines is 1. The largest absolute Gasteiger partial charge is 0.489 e. The Kier molecular flexibility index (Phi) is 3.65. The van der Waals surface area contributed by atoms with E-state index in [0.717, 1.165) is 18.0 Å². The van der Waals surface area contributed by atoms with Gasteiger partial charge in [-0.2, -0.15) is 0 Å². The molecule has 0 radical (unpaired) electrons. The number of fused-ring (bicyclic) bond motifs is 2. The van der Waals surface area contributed by atoms with Gasteiger partial charge in [-0.3, -0.25) is 0 Å². The Bertz CT molecular complexity index is 906. The summed E-state index contributed by atoms with van der Waals surface area (Å²) in [4.78, 5) is 15.9. The third-order valence-corrected chi connectivity index (χ3v) is 4.38. The SMILES string of the molecule is O=Nc1cc(F)c2c(c1)OCCN2CCc1c[nH]c2ccccc12. The maximum Gasteiger partial charge on any atom is 0.152 e. The van der Waals surface area contributed by atoms with E-state index < -0.39 is 5.82 Å². The van der Waals surface area contributed by atoms with E-state index in [-0.39, 0.29) is 5.69 Å². The van der Waals surface area contributed by atoms with Crippen molar-refractivity contribution in [2.45, 2.75) is 6.42 Å². The van der Waals surface area contributed by atoms with Gasteiger partial charge in [0.1, 0.15) is 23.7 Å². The lowest BCUT2D eigenvalue weighted by Gasteiger charge is -2.31. The Hall–Kier alpha value is -2.89. The van der Waals surface area contributed by atoms with Gasteiger partial charge < -0.3 is 14.6 Å². The summed E-state index contributed by atoms with van der Waals surface area (Å²) < 4.78 is 19.9. The van der Waals surface area contributed by atoms with Crippen LogP contribution in [0.1, 0.15) is 5.56 Å². The van der Waals surface area contributed by atoms with Crippen molar-refractivity contribution in [3.05, 3.63) is 58.9 Å². The first-order chi connectivity index (χ1) is 11.8. The van der Waals surface area contributed by atoms with E-state index in [1.165, 1.54) is 17.0 Å². The van der Waals surface area contributed by atoms with Crippen molar-refractivity contribution >= 4 is 22.3 Å². The summed E-state index contributed by atoms with van der Waals surface area (Å²) in [5.41, 5.74) is 2.76. The Morgan fingerprint density at radius 1 is 1.29 bits per heavy atom. The molecule has 2 aromatic carbocycles. The third kappa shape index (κ3) is 2.50. The van der Waals surface area contributed by atoms with Crippen molar-refractivity contribution in [2.24, 2.45) is 5.18 Å². The number of hydrogen-bond acceptors (Lipinski definition) is 4. The Morgan fingerprint density at radius 3 is 3.04 bits per heavy atom. The molecule has 24 heavy (non-hydrogen) atoms. The number of H-pyrrole nitrogens is 1. The van der Waals surface area contributed by atoms with Gasteiger partial charge in [0.15, 0.2) is 5.82 Å². The number of nitrogens with zero attached hydrogens (tertiary/aromatic N) is 2. The van der Waals surface area contributed by atoms with Gasteiger partial charge in [0.05, 0.1) is 6.54 Å². The van der Waals surface area contributed by atoms with Crippen molar-refractivity contribution in [3.8, 4) is 5.75 Å². The van der Waals surface area contributed by atoms with Gasteiger partial charge in [-0.05, 0) is 23.2 Å². The fraction of sp³-hybridized carbons (Fsp3) is 0.222. The van der Waals surface area contributed by atoms with Crippen LogP contribution in [-0.4, -0.2) is 24.7 Å². The lowest BCUT2D eigenvalue weighted by molar-refractivity contribution is 0.304. The zero-order chi connectivity index (χ0) is 16.5. The molecule has 1 aliphatic heterocycles. The molecule has 0 aliphatic carbocycles. The highest BCUT2D eigenvalue weighted by Gasteiger charge is 2.23. The standard InChI is InChI=1S/C18H16FN3O2/c19-15-9-13(21-23)10-17-18(15)22(7-8-24-17)6-5-12-11-20-16-4-2-1-3-14(12)16/h1-4,9-11,20H,5-8H2. The summed E-state index contributed by atoms with van der Waals surface area (Å²) >= 11 is 0. The second kappa shape index (κ2) is 5.96. The van der Waals surface area contributed by atoms with Crippen molar-refractivity contribution < 1.29 is 9.13 Å². The van der Waals surface area contributed by atoms with Crippen LogP contribution in [0.3, 0.4) is 0 Å². The zero-order valence-electron chi connectivity index (χ0n) is 13.0. The molecule has 0 amide bonds. The van der Waals surface area contributed by atoms with Gasteiger partial charge in [-0.15, -0.1) is 4.91 Å². The first-order valence-electron chi connectivity index (χ1n) is 7.86. The average Bonchev–Trinajstić information content (AvgIpc) is 3.02. The van der Waals surface area contributed by atoms with Gasteiger partial charge in [-0.25, -0.2) is 4.39 Å². The molecule has 4 rings (SSSR count). The number of ether oxygens (including phenoxy) is 1. The topological polar surface area (TPSA) is 57.7 Å². The number of para-hydroxylation sites is 1. The monoisotopic (exact) mass is 325 g/mol. The van der Waals surface area contributed by atoms with Crippen LogP contribution in [-0.2, 0) is 6.42 Å². The molecule has 5 nitrogen and oxygen atoms in total. The van der Waals surface area contributed by atoms with Crippen LogP contribution < -0.4 is 9.64 Å². The van der Waals surface area contributed by atoms with Crippen molar-refractivity contribution in [1.82, 2.24) is 4.98 Å². The van der Waals surface area contributed by atoms with E-state index in [4.69, 9.17) is 4.74 Å². The highest BCUT2D eigenvalue weighted by atomic mass is 19.1. The average molecular weight is 325 g/mol. The summed E-state index contributed by atoms with van der Waals surface area (Å²) in [6.45, 7) is 1.74. The highest BCUT2D eigenvalue weighted by Crippen LogP contribution is 2.38. The Labute approximate surface area is 138 Å². The molecule has 2 heterocycles. The predicted octanol–water partition coefficient (Wildman–Crippen LogP) is 4.15. The second-order valence-corrected chi connectivity index (χ2v) is 5.81. The maximum absolute atomic E-state index is 14.4. The molecule has 1 aromatic heterocycles. The highest BCUT2D eigenvalue weighted by molar-refractivity contribution is 5.83. The first kappa shape index (κ1) is 14.7. The minimum atomic E-state index is -0.472. The second-order valence-electron chi connectivity index (χ2n) is 5.81. The number of benzene rings is 2. The number of rotatable bonds is 4. The number of aromatic amines is 1. The van der Waals surface area contributed by atoms with Crippen LogP contribution >= 0.6 is 0 Å². The normalized spacial score (nSPS) is 13.6. The molecular formula is C18H16FN3O2. The fourth-order valence-corrected chi connectivity index (χ4v) is 3.22. The van der Waals surface area contributed by atoms with Gasteiger partial charge in [0.2, 0.25) is 0 Å². The number of halogens is 1. The Morgan fingerprint density at radius 2 is 2.17 bits per heavy atom. The van der Waals surface area contributed by atoms with Crippen LogP contribution in [0.5, 0.6) is 5.75 Å². The van der Waals surface area contributed by atoms with Crippen LogP contribution in [0, 0.1) is 10.7 Å². The van der Waals surface area contributed by atoms with Crippen molar-refractivity contribution in [2.75, 3.05) is 24.6 Å². The van der Waals surface area contributed by atoms with Gasteiger partial charge in [0.25, 0.3) is 0 Å². The molecule has 122 valence electrons. The molecule has 6 heteroatoms. The number of aromatic nitrogens is 1. The van der Waals surface area contributed by atoms with Crippen molar-refractivity contribution in [1.29, 1.82) is 0 Å². The molecule has 0 unspecified atom stereocenters. The van der Waals surface area contributed by atoms with Crippen molar-refractivity contribution in [3.63, 3.8) is 0 Å². The zero-order valence-corrected chi connectivity index (χ0v) is 13.0. The van der Waals surface area contributed by atoms with Crippen LogP contribution in [0.25, 0.3) is 10.9 Å². The lowest BCUT2D eigenvalue weighted by Crippen LogP contribution is -2.35. The minimum absolute atomic E-state index is 0.0460. The number of hydrogen-bond donors (Lipinski definition) is 1. The first-order valence-corrected chi connectivity index (χ1v) is 7.86. The van der Waals surface area contributed by atoms with Crippen LogP contribution in [0.2, 0.25) is 0 Å². The summed E-state index contributed by atoms with van der Waals surface area (Å²) in [6, 6.07) is 10.8. The van der Waals surface area contributed by atoms with E-state index in [0.29, 0.717) is 31.1 Å². The van der Waals surface area contributed by atoms with E-state index in [2.05, 4.69) is 16.2 Å². The number of nitroso groups, excluding NO2 is 1. The number of nitrogens with one attached hydrogen (secondary N) is 1. The van der Waals surface area contributed by atoms with Gasteiger partial charge >= 0.3 is 0 Å². The van der Waals surface area contributed by atoms with E-state index in [9.17, 15) is 9.30 Å². The fourth-order valence-electron chi connectivity index (χ4n) is 3.22. The Balaban J connectivity index is 1.59. The summed E-state index contributed by atoms with van der Waals surface area (Å²) in [6.07, 6.45) is 2.79. The smallest absolute Gasteiger partial charge is 0.152 e. The molecule has 0 bridgehead atoms. The van der Waals surface area contributed by atoms with E-state index >= 15 is 0 Å².